The van der Waals surface area contributed by atoms with Gasteiger partial charge in [0.15, 0.2) is 5.69 Å². The van der Waals surface area contributed by atoms with Crippen LogP contribution in [0.5, 0.6) is 0 Å². The summed E-state index contributed by atoms with van der Waals surface area (Å²) >= 11 is 3.17. The minimum absolute atomic E-state index is 0.0865. The van der Waals surface area contributed by atoms with E-state index < -0.39 is 5.97 Å². The summed E-state index contributed by atoms with van der Waals surface area (Å²) in [6.45, 7) is 8.56. The van der Waals surface area contributed by atoms with Crippen LogP contribution in [0.25, 0.3) is 9.75 Å². The molecule has 108 valence electrons. The average Bonchev–Trinajstić information content (AvgIpc) is 2.93. The standard InChI is InChI=1S/C15H19NO2S2/c1-5-6-11-16-12(14(17)18)13(20-11)9-7-8-10(19-9)15(2,3)4/h7-8H,5-6H2,1-4H3,(H,17,18). The van der Waals surface area contributed by atoms with Crippen molar-refractivity contribution in [2.75, 3.05) is 0 Å². The number of aromatic carboxylic acids is 1. The third-order valence-electron chi connectivity index (χ3n) is 2.91. The Morgan fingerprint density at radius 2 is 2.00 bits per heavy atom. The largest absolute Gasteiger partial charge is 0.476 e. The molecule has 2 aromatic rings. The number of aryl methyl sites for hydroxylation is 1. The molecule has 0 unspecified atom stereocenters. The Morgan fingerprint density at radius 1 is 1.30 bits per heavy atom. The normalized spacial score (nSPS) is 11.8. The molecule has 0 saturated carbocycles. The molecule has 0 radical (unpaired) electrons. The SMILES string of the molecule is CCCc1nc(C(=O)O)c(-c2ccc(C(C)(C)C)s2)s1. The van der Waals surface area contributed by atoms with Gasteiger partial charge in [0.25, 0.3) is 0 Å². The van der Waals surface area contributed by atoms with Gasteiger partial charge in [-0.1, -0.05) is 27.7 Å². The van der Waals surface area contributed by atoms with E-state index in [1.54, 1.807) is 11.3 Å². The van der Waals surface area contributed by atoms with Crippen LogP contribution in [-0.4, -0.2) is 16.1 Å². The molecular weight excluding hydrogens is 290 g/mol. The summed E-state index contributed by atoms with van der Waals surface area (Å²) in [5.74, 6) is -0.940. The molecule has 0 aromatic carbocycles. The van der Waals surface area contributed by atoms with Gasteiger partial charge < -0.3 is 5.11 Å². The summed E-state index contributed by atoms with van der Waals surface area (Å²) in [5.41, 5.74) is 0.282. The van der Waals surface area contributed by atoms with Crippen LogP contribution >= 0.6 is 22.7 Å². The van der Waals surface area contributed by atoms with Crippen molar-refractivity contribution in [3.63, 3.8) is 0 Å². The number of carboxylic acid groups (broad SMARTS) is 1. The Hall–Kier alpha value is -1.20. The van der Waals surface area contributed by atoms with Crippen LogP contribution in [0.4, 0.5) is 0 Å². The van der Waals surface area contributed by atoms with Crippen molar-refractivity contribution in [2.45, 2.75) is 46.0 Å². The quantitative estimate of drug-likeness (QED) is 0.881. The third kappa shape index (κ3) is 3.10. The van der Waals surface area contributed by atoms with Gasteiger partial charge in [-0.2, -0.15) is 0 Å². The zero-order valence-electron chi connectivity index (χ0n) is 12.2. The van der Waals surface area contributed by atoms with Gasteiger partial charge in [0.2, 0.25) is 0 Å². The van der Waals surface area contributed by atoms with E-state index in [0.29, 0.717) is 0 Å². The average molecular weight is 309 g/mol. The van der Waals surface area contributed by atoms with Gasteiger partial charge in [0.1, 0.15) is 0 Å². The fourth-order valence-electron chi connectivity index (χ4n) is 1.86. The molecule has 0 bridgehead atoms. The van der Waals surface area contributed by atoms with Crippen molar-refractivity contribution in [1.29, 1.82) is 0 Å². The Labute approximate surface area is 127 Å². The highest BCUT2D eigenvalue weighted by Gasteiger charge is 2.22. The molecule has 0 aliphatic carbocycles. The molecule has 0 aliphatic rings. The Morgan fingerprint density at radius 3 is 2.50 bits per heavy atom. The molecule has 2 rings (SSSR count). The first-order valence-corrected chi connectivity index (χ1v) is 8.30. The maximum absolute atomic E-state index is 11.4. The van der Waals surface area contributed by atoms with Crippen LogP contribution in [-0.2, 0) is 11.8 Å². The van der Waals surface area contributed by atoms with Gasteiger partial charge in [-0.15, -0.1) is 22.7 Å². The lowest BCUT2D eigenvalue weighted by atomic mass is 9.95. The van der Waals surface area contributed by atoms with Crippen molar-refractivity contribution in [3.05, 3.63) is 27.7 Å². The van der Waals surface area contributed by atoms with E-state index >= 15 is 0 Å². The van der Waals surface area contributed by atoms with E-state index in [1.807, 2.05) is 6.07 Å². The van der Waals surface area contributed by atoms with Crippen molar-refractivity contribution in [1.82, 2.24) is 4.98 Å². The van der Waals surface area contributed by atoms with E-state index in [2.05, 4.69) is 38.7 Å². The molecular formula is C15H19NO2S2. The minimum atomic E-state index is -0.940. The molecule has 0 atom stereocenters. The lowest BCUT2D eigenvalue weighted by Gasteiger charge is -2.15. The molecule has 3 nitrogen and oxygen atoms in total. The van der Waals surface area contributed by atoms with Crippen molar-refractivity contribution >= 4 is 28.6 Å². The maximum atomic E-state index is 11.4. The second kappa shape index (κ2) is 5.66. The first-order chi connectivity index (χ1) is 9.32. The topological polar surface area (TPSA) is 50.2 Å². The lowest BCUT2D eigenvalue weighted by Crippen LogP contribution is -2.07. The molecule has 20 heavy (non-hydrogen) atoms. The van der Waals surface area contributed by atoms with E-state index in [-0.39, 0.29) is 11.1 Å². The van der Waals surface area contributed by atoms with Crippen molar-refractivity contribution < 1.29 is 9.90 Å². The van der Waals surface area contributed by atoms with Crippen molar-refractivity contribution in [3.8, 4) is 9.75 Å². The van der Waals surface area contributed by atoms with Gasteiger partial charge in [-0.3, -0.25) is 0 Å². The number of hydrogen-bond acceptors (Lipinski definition) is 4. The molecule has 2 heterocycles. The highest BCUT2D eigenvalue weighted by molar-refractivity contribution is 7.22. The van der Waals surface area contributed by atoms with Gasteiger partial charge in [-0.05, 0) is 30.4 Å². The summed E-state index contributed by atoms with van der Waals surface area (Å²) in [4.78, 5) is 18.7. The number of carbonyl (C=O) groups is 1. The maximum Gasteiger partial charge on any atom is 0.356 e. The van der Waals surface area contributed by atoms with E-state index in [9.17, 15) is 9.90 Å². The fourth-order valence-corrected chi connectivity index (χ4v) is 4.19. The van der Waals surface area contributed by atoms with Gasteiger partial charge in [0, 0.05) is 9.75 Å². The smallest absolute Gasteiger partial charge is 0.356 e. The van der Waals surface area contributed by atoms with Crippen LogP contribution < -0.4 is 0 Å². The van der Waals surface area contributed by atoms with Crippen LogP contribution in [0.15, 0.2) is 12.1 Å². The molecule has 0 aliphatic heterocycles. The number of hydrogen-bond donors (Lipinski definition) is 1. The zero-order chi connectivity index (χ0) is 14.9. The minimum Gasteiger partial charge on any atom is -0.476 e. The summed E-state index contributed by atoms with van der Waals surface area (Å²) in [6, 6.07) is 4.10. The fraction of sp³-hybridized carbons (Fsp3) is 0.467. The molecule has 5 heteroatoms. The molecule has 2 aromatic heterocycles. The number of rotatable bonds is 4. The zero-order valence-corrected chi connectivity index (χ0v) is 13.8. The Balaban J connectivity index is 2.46. The number of thiazole rings is 1. The monoisotopic (exact) mass is 309 g/mol. The van der Waals surface area contributed by atoms with Crippen LogP contribution in [0.2, 0.25) is 0 Å². The number of aromatic nitrogens is 1. The molecule has 0 fully saturated rings. The van der Waals surface area contributed by atoms with Gasteiger partial charge in [-0.25, -0.2) is 9.78 Å². The summed E-state index contributed by atoms with van der Waals surface area (Å²) in [6.07, 6.45) is 1.81. The van der Waals surface area contributed by atoms with Crippen molar-refractivity contribution in [2.24, 2.45) is 0 Å². The predicted molar refractivity (Wildman–Crippen MR) is 85.1 cm³/mol. The number of nitrogens with zero attached hydrogens (tertiary/aromatic N) is 1. The predicted octanol–water partition coefficient (Wildman–Crippen LogP) is 4.82. The number of thiophene rings is 1. The highest BCUT2D eigenvalue weighted by atomic mass is 32.1. The van der Waals surface area contributed by atoms with Crippen LogP contribution in [0.1, 0.15) is 54.5 Å². The van der Waals surface area contributed by atoms with Gasteiger partial charge in [0.05, 0.1) is 9.88 Å². The first-order valence-electron chi connectivity index (χ1n) is 6.66. The van der Waals surface area contributed by atoms with Crippen LogP contribution in [0, 0.1) is 0 Å². The summed E-state index contributed by atoms with van der Waals surface area (Å²) in [5, 5.41) is 10.2. The number of carboxylic acids is 1. The lowest BCUT2D eigenvalue weighted by molar-refractivity contribution is 0.0692. The highest BCUT2D eigenvalue weighted by Crippen LogP contribution is 2.39. The molecule has 0 amide bonds. The van der Waals surface area contributed by atoms with E-state index in [1.165, 1.54) is 16.2 Å². The van der Waals surface area contributed by atoms with E-state index in [4.69, 9.17) is 0 Å². The molecule has 0 saturated heterocycles. The Bertz CT molecular complexity index is 620. The third-order valence-corrected chi connectivity index (χ3v) is 5.71. The summed E-state index contributed by atoms with van der Waals surface area (Å²) < 4.78 is 0. The van der Waals surface area contributed by atoms with Crippen LogP contribution in [0.3, 0.4) is 0 Å². The Kier molecular flexibility index (Phi) is 4.30. The van der Waals surface area contributed by atoms with Gasteiger partial charge >= 0.3 is 5.97 Å². The summed E-state index contributed by atoms with van der Waals surface area (Å²) in [7, 11) is 0. The molecule has 0 spiro atoms. The molecule has 1 N–H and O–H groups in total. The second-order valence-corrected chi connectivity index (χ2v) is 7.92. The second-order valence-electron chi connectivity index (χ2n) is 5.75. The van der Waals surface area contributed by atoms with E-state index in [0.717, 1.165) is 27.6 Å². The first kappa shape index (κ1) is 15.2.